The molecule has 0 fully saturated rings. The van der Waals surface area contributed by atoms with E-state index >= 15 is 0 Å². The van der Waals surface area contributed by atoms with Crippen molar-refractivity contribution in [3.05, 3.63) is 0 Å². The third-order valence-corrected chi connectivity index (χ3v) is 2.58. The van der Waals surface area contributed by atoms with Crippen LogP contribution in [0.25, 0.3) is 0 Å². The van der Waals surface area contributed by atoms with Gasteiger partial charge in [0, 0.05) is 12.6 Å². The van der Waals surface area contributed by atoms with E-state index in [0.717, 1.165) is 12.8 Å². The largest absolute Gasteiger partial charge is 0.480 e. The number of carboxylic acid groups (broad SMARTS) is 1. The van der Waals surface area contributed by atoms with E-state index in [-0.39, 0.29) is 0 Å². The van der Waals surface area contributed by atoms with Gasteiger partial charge in [0.1, 0.15) is 6.04 Å². The van der Waals surface area contributed by atoms with Gasteiger partial charge in [-0.05, 0) is 27.4 Å². The Balaban J connectivity index is 4.01. The minimum atomic E-state index is -0.789. The Morgan fingerprint density at radius 2 is 2.14 bits per heavy atom. The highest BCUT2D eigenvalue weighted by Gasteiger charge is 2.19. The lowest BCUT2D eigenvalue weighted by atomic mass is 10.1. The van der Waals surface area contributed by atoms with Crippen LogP contribution in [-0.4, -0.2) is 48.7 Å². The van der Waals surface area contributed by atoms with Crippen LogP contribution in [0, 0.1) is 0 Å². The fraction of sp³-hybridized carbons (Fsp3) is 0.900. The maximum Gasteiger partial charge on any atom is 0.322 e. The van der Waals surface area contributed by atoms with Crippen molar-refractivity contribution in [3.63, 3.8) is 0 Å². The van der Waals surface area contributed by atoms with E-state index in [4.69, 9.17) is 5.11 Å². The quantitative estimate of drug-likeness (QED) is 0.640. The first-order valence-corrected chi connectivity index (χ1v) is 5.13. The highest BCUT2D eigenvalue weighted by molar-refractivity contribution is 5.73. The van der Waals surface area contributed by atoms with Gasteiger partial charge in [-0.25, -0.2) is 0 Å². The van der Waals surface area contributed by atoms with Crippen LogP contribution in [0.4, 0.5) is 0 Å². The van der Waals surface area contributed by atoms with Gasteiger partial charge in [0.2, 0.25) is 0 Å². The second-order valence-electron chi connectivity index (χ2n) is 3.76. The molecule has 0 aliphatic carbocycles. The van der Waals surface area contributed by atoms with E-state index in [1.165, 1.54) is 0 Å². The Bertz CT molecular complexity index is 174. The van der Waals surface area contributed by atoms with Crippen molar-refractivity contribution in [2.24, 2.45) is 0 Å². The lowest BCUT2D eigenvalue weighted by Crippen LogP contribution is -2.45. The second-order valence-corrected chi connectivity index (χ2v) is 3.76. The molecule has 84 valence electrons. The normalized spacial score (nSPS) is 15.5. The Labute approximate surface area is 86.3 Å². The highest BCUT2D eigenvalue weighted by atomic mass is 16.4. The molecule has 0 bridgehead atoms. The third kappa shape index (κ3) is 4.58. The zero-order valence-corrected chi connectivity index (χ0v) is 9.58. The van der Waals surface area contributed by atoms with Crippen molar-refractivity contribution in [3.8, 4) is 0 Å². The van der Waals surface area contributed by atoms with Gasteiger partial charge >= 0.3 is 5.97 Å². The maximum absolute atomic E-state index is 10.8. The molecule has 4 nitrogen and oxygen atoms in total. The number of nitrogens with one attached hydrogen (secondary N) is 1. The summed E-state index contributed by atoms with van der Waals surface area (Å²) < 4.78 is 0. The number of aliphatic carboxylic acids is 1. The number of carboxylic acids is 1. The van der Waals surface area contributed by atoms with Crippen LogP contribution in [0.5, 0.6) is 0 Å². The number of likely N-dealkylation sites (N-methyl/N-ethyl adjacent to an activating group) is 2. The molecule has 4 heteroatoms. The predicted molar refractivity (Wildman–Crippen MR) is 57.5 cm³/mol. The first kappa shape index (κ1) is 13.4. The minimum Gasteiger partial charge on any atom is -0.480 e. The Kier molecular flexibility index (Phi) is 6.49. The van der Waals surface area contributed by atoms with Gasteiger partial charge in [0.25, 0.3) is 0 Å². The molecule has 0 rings (SSSR count). The molecule has 0 amide bonds. The Morgan fingerprint density at radius 3 is 2.50 bits per heavy atom. The zero-order valence-electron chi connectivity index (χ0n) is 9.58. The summed E-state index contributed by atoms with van der Waals surface area (Å²) in [5.74, 6) is -0.789. The van der Waals surface area contributed by atoms with Crippen molar-refractivity contribution in [1.29, 1.82) is 0 Å². The highest BCUT2D eigenvalue weighted by Crippen LogP contribution is 2.04. The van der Waals surface area contributed by atoms with Crippen LogP contribution >= 0.6 is 0 Å². The lowest BCUT2D eigenvalue weighted by Gasteiger charge is -2.26. The van der Waals surface area contributed by atoms with E-state index in [2.05, 4.69) is 24.1 Å². The van der Waals surface area contributed by atoms with Crippen LogP contribution in [-0.2, 0) is 4.79 Å². The topological polar surface area (TPSA) is 52.6 Å². The SMILES string of the molecule is CCCC(C)N(C)CC(NC)C(=O)O. The molecular weight excluding hydrogens is 180 g/mol. The van der Waals surface area contributed by atoms with Gasteiger partial charge in [0.05, 0.1) is 0 Å². The maximum atomic E-state index is 10.8. The van der Waals surface area contributed by atoms with Crippen LogP contribution in [0.2, 0.25) is 0 Å². The summed E-state index contributed by atoms with van der Waals surface area (Å²) >= 11 is 0. The Hall–Kier alpha value is -0.610. The molecule has 0 saturated carbocycles. The number of hydrogen-bond acceptors (Lipinski definition) is 3. The number of carbonyl (C=O) groups is 1. The molecule has 0 heterocycles. The summed E-state index contributed by atoms with van der Waals surface area (Å²) in [6.07, 6.45) is 2.23. The zero-order chi connectivity index (χ0) is 11.1. The van der Waals surface area contributed by atoms with Crippen molar-refractivity contribution in [2.45, 2.75) is 38.8 Å². The molecular formula is C10H22N2O2. The second kappa shape index (κ2) is 6.79. The van der Waals surface area contributed by atoms with E-state index in [1.54, 1.807) is 7.05 Å². The van der Waals surface area contributed by atoms with E-state index in [9.17, 15) is 4.79 Å². The molecule has 0 aromatic heterocycles. The summed E-state index contributed by atoms with van der Waals surface area (Å²) in [4.78, 5) is 12.8. The van der Waals surface area contributed by atoms with E-state index < -0.39 is 12.0 Å². The first-order chi connectivity index (χ1) is 6.52. The van der Waals surface area contributed by atoms with Crippen molar-refractivity contribution in [2.75, 3.05) is 20.6 Å². The van der Waals surface area contributed by atoms with Gasteiger partial charge in [-0.2, -0.15) is 0 Å². The van der Waals surface area contributed by atoms with E-state index in [0.29, 0.717) is 12.6 Å². The number of nitrogens with zero attached hydrogens (tertiary/aromatic N) is 1. The standard InChI is InChI=1S/C10H22N2O2/c1-5-6-8(2)12(4)7-9(11-3)10(13)14/h8-9,11H,5-7H2,1-4H3,(H,13,14). The molecule has 14 heavy (non-hydrogen) atoms. The molecule has 0 saturated heterocycles. The monoisotopic (exact) mass is 202 g/mol. The third-order valence-electron chi connectivity index (χ3n) is 2.58. The van der Waals surface area contributed by atoms with Crippen LogP contribution in [0.3, 0.4) is 0 Å². The van der Waals surface area contributed by atoms with Gasteiger partial charge < -0.3 is 15.3 Å². The summed E-state index contributed by atoms with van der Waals surface area (Å²) in [6.45, 7) is 4.81. The molecule has 0 spiro atoms. The lowest BCUT2D eigenvalue weighted by molar-refractivity contribution is -0.139. The molecule has 0 aromatic rings. The van der Waals surface area contributed by atoms with Crippen LogP contribution < -0.4 is 5.32 Å². The molecule has 0 aromatic carbocycles. The van der Waals surface area contributed by atoms with Crippen molar-refractivity contribution >= 4 is 5.97 Å². The predicted octanol–water partition coefficient (Wildman–Crippen LogP) is 0.779. The van der Waals surface area contributed by atoms with Crippen LogP contribution in [0.15, 0.2) is 0 Å². The van der Waals surface area contributed by atoms with Crippen LogP contribution in [0.1, 0.15) is 26.7 Å². The fourth-order valence-electron chi connectivity index (χ4n) is 1.40. The fourth-order valence-corrected chi connectivity index (χ4v) is 1.40. The average molecular weight is 202 g/mol. The first-order valence-electron chi connectivity index (χ1n) is 5.13. The summed E-state index contributed by atoms with van der Waals surface area (Å²) in [7, 11) is 3.64. The average Bonchev–Trinajstić information content (AvgIpc) is 2.13. The van der Waals surface area contributed by atoms with E-state index in [1.807, 2.05) is 7.05 Å². The molecule has 0 radical (unpaired) electrons. The number of rotatable bonds is 7. The van der Waals surface area contributed by atoms with Crippen molar-refractivity contribution in [1.82, 2.24) is 10.2 Å². The number of hydrogen-bond donors (Lipinski definition) is 2. The molecule has 2 unspecified atom stereocenters. The summed E-state index contributed by atoms with van der Waals surface area (Å²) in [5.41, 5.74) is 0. The molecule has 0 aliphatic rings. The van der Waals surface area contributed by atoms with Crippen molar-refractivity contribution < 1.29 is 9.90 Å². The van der Waals surface area contributed by atoms with Gasteiger partial charge in [-0.1, -0.05) is 13.3 Å². The smallest absolute Gasteiger partial charge is 0.322 e. The van der Waals surface area contributed by atoms with Gasteiger partial charge in [0.15, 0.2) is 0 Å². The Morgan fingerprint density at radius 1 is 1.57 bits per heavy atom. The van der Waals surface area contributed by atoms with Gasteiger partial charge in [-0.3, -0.25) is 4.79 Å². The molecule has 2 N–H and O–H groups in total. The minimum absolute atomic E-state index is 0.440. The molecule has 0 aliphatic heterocycles. The molecule has 2 atom stereocenters. The summed E-state index contributed by atoms with van der Waals surface area (Å²) in [6, 6.07) is -0.0329. The summed E-state index contributed by atoms with van der Waals surface area (Å²) in [5, 5.41) is 11.6. The van der Waals surface area contributed by atoms with Gasteiger partial charge in [-0.15, -0.1) is 0 Å².